The summed E-state index contributed by atoms with van der Waals surface area (Å²) in [4.78, 5) is 27.0. The number of benzene rings is 1. The van der Waals surface area contributed by atoms with Gasteiger partial charge < -0.3 is 14.5 Å². The summed E-state index contributed by atoms with van der Waals surface area (Å²) in [6.07, 6.45) is 4.50. The molecule has 0 radical (unpaired) electrons. The van der Waals surface area contributed by atoms with Gasteiger partial charge in [-0.25, -0.2) is 9.97 Å². The predicted octanol–water partition coefficient (Wildman–Crippen LogP) is 3.94. The van der Waals surface area contributed by atoms with Gasteiger partial charge in [0.25, 0.3) is 5.91 Å². The van der Waals surface area contributed by atoms with Gasteiger partial charge >= 0.3 is 0 Å². The Morgan fingerprint density at radius 1 is 1.13 bits per heavy atom. The summed E-state index contributed by atoms with van der Waals surface area (Å²) in [6, 6.07) is 8.13. The SMILES string of the molecule is CCCCc1ccc(C(=O)N2CCc3nc(C)nc(N4CC(C)OC(C)C4)c3C2)cc1. The largest absolute Gasteiger partial charge is 0.372 e. The number of amides is 1. The Hall–Kier alpha value is -2.47. The van der Waals surface area contributed by atoms with Crippen LogP contribution in [0, 0.1) is 6.92 Å². The van der Waals surface area contributed by atoms with Crippen molar-refractivity contribution in [3.8, 4) is 0 Å². The fraction of sp³-hybridized carbons (Fsp3) is 0.560. The van der Waals surface area contributed by atoms with Crippen molar-refractivity contribution in [2.45, 2.75) is 72.1 Å². The topological polar surface area (TPSA) is 58.6 Å². The van der Waals surface area contributed by atoms with E-state index in [4.69, 9.17) is 14.7 Å². The molecule has 2 unspecified atom stereocenters. The lowest BCUT2D eigenvalue weighted by Crippen LogP contribution is -2.47. The van der Waals surface area contributed by atoms with E-state index in [-0.39, 0.29) is 18.1 Å². The van der Waals surface area contributed by atoms with Crippen molar-refractivity contribution in [2.75, 3.05) is 24.5 Å². The molecule has 0 saturated carbocycles. The number of carbonyl (C=O) groups is 1. The van der Waals surface area contributed by atoms with Crippen molar-refractivity contribution in [3.05, 3.63) is 52.5 Å². The van der Waals surface area contributed by atoms with E-state index in [1.165, 1.54) is 18.4 Å². The van der Waals surface area contributed by atoms with Gasteiger partial charge in [-0.15, -0.1) is 0 Å². The van der Waals surface area contributed by atoms with E-state index in [1.807, 2.05) is 24.0 Å². The molecule has 0 spiro atoms. The molecule has 3 heterocycles. The number of ether oxygens (including phenoxy) is 1. The number of aromatic nitrogens is 2. The first-order valence-electron chi connectivity index (χ1n) is 11.6. The fourth-order valence-corrected chi connectivity index (χ4v) is 4.68. The Bertz CT molecular complexity index is 918. The van der Waals surface area contributed by atoms with Crippen molar-refractivity contribution in [2.24, 2.45) is 0 Å². The van der Waals surface area contributed by atoms with Crippen LogP contribution in [0.25, 0.3) is 0 Å². The molecule has 1 aromatic heterocycles. The highest BCUT2D eigenvalue weighted by Crippen LogP contribution is 2.29. The second-order valence-electron chi connectivity index (χ2n) is 8.96. The first kappa shape index (κ1) is 21.8. The van der Waals surface area contributed by atoms with Gasteiger partial charge in [-0.3, -0.25) is 4.79 Å². The minimum atomic E-state index is 0.0860. The molecule has 1 amide bonds. The second kappa shape index (κ2) is 9.35. The van der Waals surface area contributed by atoms with Crippen molar-refractivity contribution in [1.82, 2.24) is 14.9 Å². The van der Waals surface area contributed by atoms with Crippen LogP contribution in [0.5, 0.6) is 0 Å². The number of hydrogen-bond donors (Lipinski definition) is 0. The molecule has 4 rings (SSSR count). The van der Waals surface area contributed by atoms with Crippen molar-refractivity contribution < 1.29 is 9.53 Å². The summed E-state index contributed by atoms with van der Waals surface area (Å²) < 4.78 is 5.91. The Morgan fingerprint density at radius 3 is 2.52 bits per heavy atom. The normalized spacial score (nSPS) is 21.2. The van der Waals surface area contributed by atoms with E-state index in [2.05, 4.69) is 37.8 Å². The lowest BCUT2D eigenvalue weighted by molar-refractivity contribution is -0.00560. The molecular formula is C25H34N4O2. The van der Waals surface area contributed by atoms with Crippen LogP contribution in [0.15, 0.2) is 24.3 Å². The van der Waals surface area contributed by atoms with Crippen LogP contribution in [-0.4, -0.2) is 52.6 Å². The number of fused-ring (bicyclic) bond motifs is 1. The molecule has 6 nitrogen and oxygen atoms in total. The predicted molar refractivity (Wildman–Crippen MR) is 122 cm³/mol. The smallest absolute Gasteiger partial charge is 0.254 e. The Balaban J connectivity index is 1.55. The molecule has 2 aliphatic rings. The molecule has 1 aromatic carbocycles. The van der Waals surface area contributed by atoms with Crippen molar-refractivity contribution in [1.29, 1.82) is 0 Å². The lowest BCUT2D eigenvalue weighted by Gasteiger charge is -2.38. The Kier molecular flexibility index (Phi) is 6.56. The third kappa shape index (κ3) is 4.90. The molecule has 0 bridgehead atoms. The first-order valence-corrected chi connectivity index (χ1v) is 11.6. The van der Waals surface area contributed by atoms with Crippen LogP contribution in [0.1, 0.15) is 66.6 Å². The number of carbonyl (C=O) groups excluding carboxylic acids is 1. The molecular weight excluding hydrogens is 388 g/mol. The molecule has 6 heteroatoms. The standard InChI is InChI=1S/C25H34N4O2/c1-5-6-7-20-8-10-21(11-9-20)25(30)28-13-12-23-22(16-28)24(27-19(4)26-23)29-14-17(2)31-18(3)15-29/h8-11,17-18H,5-7,12-16H2,1-4H3. The van der Waals surface area contributed by atoms with Crippen LogP contribution in [0.2, 0.25) is 0 Å². The number of morpholine rings is 1. The number of unbranched alkanes of at least 4 members (excludes halogenated alkanes) is 1. The maximum absolute atomic E-state index is 13.2. The third-order valence-electron chi connectivity index (χ3n) is 6.18. The number of nitrogens with zero attached hydrogens (tertiary/aromatic N) is 4. The van der Waals surface area contributed by atoms with Crippen LogP contribution < -0.4 is 4.90 Å². The number of anilines is 1. The van der Waals surface area contributed by atoms with Gasteiger partial charge in [-0.2, -0.15) is 0 Å². The summed E-state index contributed by atoms with van der Waals surface area (Å²) in [5.74, 6) is 1.85. The average molecular weight is 423 g/mol. The van der Waals surface area contributed by atoms with E-state index in [0.29, 0.717) is 13.1 Å². The van der Waals surface area contributed by atoms with E-state index in [1.54, 1.807) is 0 Å². The summed E-state index contributed by atoms with van der Waals surface area (Å²) >= 11 is 0. The summed E-state index contributed by atoms with van der Waals surface area (Å²) in [5, 5.41) is 0. The fourth-order valence-electron chi connectivity index (χ4n) is 4.68. The maximum Gasteiger partial charge on any atom is 0.254 e. The van der Waals surface area contributed by atoms with Gasteiger partial charge in [0.2, 0.25) is 0 Å². The van der Waals surface area contributed by atoms with E-state index in [9.17, 15) is 4.79 Å². The van der Waals surface area contributed by atoms with E-state index >= 15 is 0 Å². The third-order valence-corrected chi connectivity index (χ3v) is 6.18. The highest BCUT2D eigenvalue weighted by molar-refractivity contribution is 5.94. The van der Waals surface area contributed by atoms with Gasteiger partial charge in [0, 0.05) is 37.2 Å². The van der Waals surface area contributed by atoms with Gasteiger partial charge in [-0.05, 0) is 51.3 Å². The molecule has 0 aliphatic carbocycles. The molecule has 1 saturated heterocycles. The number of hydrogen-bond acceptors (Lipinski definition) is 5. The highest BCUT2D eigenvalue weighted by atomic mass is 16.5. The number of aryl methyl sites for hydroxylation is 2. The molecule has 0 N–H and O–H groups in total. The quantitative estimate of drug-likeness (QED) is 0.730. The van der Waals surface area contributed by atoms with Crippen LogP contribution in [0.3, 0.4) is 0 Å². The first-order chi connectivity index (χ1) is 14.9. The van der Waals surface area contributed by atoms with Crippen LogP contribution in [0.4, 0.5) is 5.82 Å². The molecule has 2 aliphatic heterocycles. The minimum absolute atomic E-state index is 0.0860. The minimum Gasteiger partial charge on any atom is -0.372 e. The van der Waals surface area contributed by atoms with E-state index in [0.717, 1.165) is 54.4 Å². The van der Waals surface area contributed by atoms with Crippen LogP contribution >= 0.6 is 0 Å². The van der Waals surface area contributed by atoms with Crippen LogP contribution in [-0.2, 0) is 24.1 Å². The maximum atomic E-state index is 13.2. The zero-order chi connectivity index (χ0) is 22.0. The average Bonchev–Trinajstić information content (AvgIpc) is 2.76. The van der Waals surface area contributed by atoms with Crippen molar-refractivity contribution in [3.63, 3.8) is 0 Å². The zero-order valence-corrected chi connectivity index (χ0v) is 19.2. The van der Waals surface area contributed by atoms with Gasteiger partial charge in [0.1, 0.15) is 11.6 Å². The van der Waals surface area contributed by atoms with Gasteiger partial charge in [0.15, 0.2) is 0 Å². The molecule has 166 valence electrons. The lowest BCUT2D eigenvalue weighted by atomic mass is 10.0. The Labute approximate surface area is 185 Å². The number of rotatable bonds is 5. The Morgan fingerprint density at radius 2 is 1.84 bits per heavy atom. The van der Waals surface area contributed by atoms with Gasteiger partial charge in [0.05, 0.1) is 24.4 Å². The molecule has 2 aromatic rings. The summed E-state index contributed by atoms with van der Waals surface area (Å²) in [6.45, 7) is 11.2. The monoisotopic (exact) mass is 422 g/mol. The van der Waals surface area contributed by atoms with Gasteiger partial charge in [-0.1, -0.05) is 25.5 Å². The zero-order valence-electron chi connectivity index (χ0n) is 19.2. The molecule has 2 atom stereocenters. The van der Waals surface area contributed by atoms with Crippen molar-refractivity contribution >= 4 is 11.7 Å². The molecule has 1 fully saturated rings. The summed E-state index contributed by atoms with van der Waals surface area (Å²) in [5.41, 5.74) is 4.22. The summed E-state index contributed by atoms with van der Waals surface area (Å²) in [7, 11) is 0. The second-order valence-corrected chi connectivity index (χ2v) is 8.96. The van der Waals surface area contributed by atoms with E-state index < -0.39 is 0 Å². The molecule has 31 heavy (non-hydrogen) atoms. The highest BCUT2D eigenvalue weighted by Gasteiger charge is 2.30.